The van der Waals surface area contributed by atoms with Crippen LogP contribution in [0.3, 0.4) is 0 Å². The van der Waals surface area contributed by atoms with Crippen molar-refractivity contribution in [3.8, 4) is 0 Å². The average Bonchev–Trinajstić information content (AvgIpc) is 2.55. The van der Waals surface area contributed by atoms with Gasteiger partial charge in [0, 0.05) is 38.6 Å². The SMILES string of the molecule is CC(CCc1ccc(F)c(F)c1)NC(=O)NCC1(O)CCOCC1. The minimum Gasteiger partial charge on any atom is -0.388 e. The van der Waals surface area contributed by atoms with Crippen LogP contribution in [0.4, 0.5) is 13.6 Å². The molecule has 5 nitrogen and oxygen atoms in total. The number of hydrogen-bond donors (Lipinski definition) is 3. The molecule has 0 saturated carbocycles. The summed E-state index contributed by atoms with van der Waals surface area (Å²) in [4.78, 5) is 11.9. The molecule has 1 aromatic carbocycles. The van der Waals surface area contributed by atoms with Crippen LogP contribution in [0.5, 0.6) is 0 Å². The lowest BCUT2D eigenvalue weighted by Crippen LogP contribution is -2.50. The third-order valence-corrected chi connectivity index (χ3v) is 4.23. The number of halogens is 2. The summed E-state index contributed by atoms with van der Waals surface area (Å²) in [6.45, 7) is 3.00. The standard InChI is InChI=1S/C17H24F2N2O3/c1-12(2-3-13-4-5-14(18)15(19)10-13)21-16(22)20-11-17(23)6-8-24-9-7-17/h4-5,10,12,23H,2-3,6-9,11H2,1H3,(H2,20,21,22). The number of benzene rings is 1. The van der Waals surface area contributed by atoms with Crippen molar-refractivity contribution in [2.75, 3.05) is 19.8 Å². The molecular formula is C17H24F2N2O3. The molecule has 0 radical (unpaired) electrons. The van der Waals surface area contributed by atoms with Gasteiger partial charge < -0.3 is 20.5 Å². The summed E-state index contributed by atoms with van der Waals surface area (Å²) < 4.78 is 31.2. The van der Waals surface area contributed by atoms with E-state index in [9.17, 15) is 18.7 Å². The molecule has 0 spiro atoms. The summed E-state index contributed by atoms with van der Waals surface area (Å²) in [6.07, 6.45) is 2.12. The molecule has 1 aromatic rings. The predicted molar refractivity (Wildman–Crippen MR) is 85.7 cm³/mol. The van der Waals surface area contributed by atoms with Crippen molar-refractivity contribution in [2.24, 2.45) is 0 Å². The van der Waals surface area contributed by atoms with Crippen molar-refractivity contribution in [3.63, 3.8) is 0 Å². The highest BCUT2D eigenvalue weighted by Gasteiger charge is 2.30. The Morgan fingerprint density at radius 2 is 2.04 bits per heavy atom. The Kier molecular flexibility index (Phi) is 6.51. The van der Waals surface area contributed by atoms with Crippen LogP contribution in [-0.4, -0.2) is 42.5 Å². The molecule has 24 heavy (non-hydrogen) atoms. The van der Waals surface area contributed by atoms with Crippen LogP contribution < -0.4 is 10.6 Å². The largest absolute Gasteiger partial charge is 0.388 e. The summed E-state index contributed by atoms with van der Waals surface area (Å²) in [5, 5.41) is 15.7. The number of ether oxygens (including phenoxy) is 1. The molecule has 1 fully saturated rings. The van der Waals surface area contributed by atoms with E-state index < -0.39 is 17.2 Å². The molecule has 0 aliphatic carbocycles. The number of amides is 2. The molecule has 134 valence electrons. The summed E-state index contributed by atoms with van der Waals surface area (Å²) in [7, 11) is 0. The van der Waals surface area contributed by atoms with E-state index in [1.54, 1.807) is 0 Å². The third-order valence-electron chi connectivity index (χ3n) is 4.23. The number of aliphatic hydroxyl groups is 1. The number of carbonyl (C=O) groups excluding carboxylic acids is 1. The summed E-state index contributed by atoms with van der Waals surface area (Å²) in [6, 6.07) is 3.31. The molecule has 1 aliphatic heterocycles. The van der Waals surface area contributed by atoms with Crippen molar-refractivity contribution in [3.05, 3.63) is 35.4 Å². The Morgan fingerprint density at radius 1 is 1.33 bits per heavy atom. The van der Waals surface area contributed by atoms with E-state index in [1.165, 1.54) is 12.1 Å². The zero-order chi connectivity index (χ0) is 17.6. The van der Waals surface area contributed by atoms with Gasteiger partial charge in [-0.15, -0.1) is 0 Å². The second-order valence-corrected chi connectivity index (χ2v) is 6.35. The van der Waals surface area contributed by atoms with E-state index in [0.717, 1.165) is 6.07 Å². The Balaban J connectivity index is 1.70. The number of aryl methyl sites for hydroxylation is 1. The minimum atomic E-state index is -0.912. The lowest BCUT2D eigenvalue weighted by atomic mass is 9.94. The molecular weight excluding hydrogens is 318 g/mol. The smallest absolute Gasteiger partial charge is 0.315 e. The first-order chi connectivity index (χ1) is 11.4. The summed E-state index contributed by atoms with van der Waals surface area (Å²) in [5.74, 6) is -1.73. The quantitative estimate of drug-likeness (QED) is 0.742. The van der Waals surface area contributed by atoms with E-state index >= 15 is 0 Å². The molecule has 2 rings (SSSR count). The number of hydrogen-bond acceptors (Lipinski definition) is 3. The van der Waals surface area contributed by atoms with Gasteiger partial charge in [0.2, 0.25) is 0 Å². The molecule has 7 heteroatoms. The topological polar surface area (TPSA) is 70.6 Å². The monoisotopic (exact) mass is 342 g/mol. The first-order valence-corrected chi connectivity index (χ1v) is 8.16. The van der Waals surface area contributed by atoms with Gasteiger partial charge in [-0.3, -0.25) is 0 Å². The summed E-state index contributed by atoms with van der Waals surface area (Å²) in [5.41, 5.74) is -0.232. The van der Waals surface area contributed by atoms with Gasteiger partial charge in [0.05, 0.1) is 5.60 Å². The fraction of sp³-hybridized carbons (Fsp3) is 0.588. The highest BCUT2D eigenvalue weighted by molar-refractivity contribution is 5.74. The van der Waals surface area contributed by atoms with Crippen LogP contribution >= 0.6 is 0 Å². The van der Waals surface area contributed by atoms with Crippen molar-refractivity contribution >= 4 is 6.03 Å². The molecule has 1 aliphatic rings. The van der Waals surface area contributed by atoms with Gasteiger partial charge in [-0.2, -0.15) is 0 Å². The Hall–Kier alpha value is -1.73. The van der Waals surface area contributed by atoms with Crippen LogP contribution in [0, 0.1) is 11.6 Å². The molecule has 2 amide bonds. The van der Waals surface area contributed by atoms with Gasteiger partial charge in [0.1, 0.15) is 0 Å². The van der Waals surface area contributed by atoms with Crippen LogP contribution in [-0.2, 0) is 11.2 Å². The van der Waals surface area contributed by atoms with Gasteiger partial charge in [-0.05, 0) is 37.5 Å². The molecule has 1 unspecified atom stereocenters. The number of rotatable bonds is 6. The lowest BCUT2D eigenvalue weighted by molar-refractivity contribution is -0.0600. The average molecular weight is 342 g/mol. The molecule has 0 bridgehead atoms. The zero-order valence-corrected chi connectivity index (χ0v) is 13.8. The van der Waals surface area contributed by atoms with Gasteiger partial charge in [0.15, 0.2) is 11.6 Å². The predicted octanol–water partition coefficient (Wildman–Crippen LogP) is 2.13. The molecule has 1 heterocycles. The van der Waals surface area contributed by atoms with Crippen LogP contribution in [0.15, 0.2) is 18.2 Å². The van der Waals surface area contributed by atoms with Gasteiger partial charge >= 0.3 is 6.03 Å². The van der Waals surface area contributed by atoms with E-state index in [4.69, 9.17) is 4.74 Å². The molecule has 3 N–H and O–H groups in total. The van der Waals surface area contributed by atoms with Gasteiger partial charge in [-0.1, -0.05) is 6.07 Å². The number of carbonyl (C=O) groups is 1. The molecule has 1 atom stereocenters. The Labute approximate surface area is 140 Å². The Morgan fingerprint density at radius 3 is 2.71 bits per heavy atom. The van der Waals surface area contributed by atoms with Crippen molar-refractivity contribution in [2.45, 2.75) is 44.2 Å². The zero-order valence-electron chi connectivity index (χ0n) is 13.8. The fourth-order valence-corrected chi connectivity index (χ4v) is 2.60. The molecule has 1 saturated heterocycles. The van der Waals surface area contributed by atoms with E-state index in [0.29, 0.717) is 44.5 Å². The molecule has 0 aromatic heterocycles. The second-order valence-electron chi connectivity index (χ2n) is 6.35. The highest BCUT2D eigenvalue weighted by Crippen LogP contribution is 2.19. The van der Waals surface area contributed by atoms with Crippen molar-refractivity contribution in [1.82, 2.24) is 10.6 Å². The first-order valence-electron chi connectivity index (χ1n) is 8.16. The second kappa shape index (κ2) is 8.39. The Bertz CT molecular complexity index is 563. The number of urea groups is 1. The number of nitrogens with one attached hydrogen (secondary N) is 2. The maximum atomic E-state index is 13.1. The minimum absolute atomic E-state index is 0.137. The van der Waals surface area contributed by atoms with Crippen molar-refractivity contribution in [1.29, 1.82) is 0 Å². The maximum Gasteiger partial charge on any atom is 0.315 e. The fourth-order valence-electron chi connectivity index (χ4n) is 2.60. The normalized spacial score (nSPS) is 18.0. The van der Waals surface area contributed by atoms with Crippen LogP contribution in [0.2, 0.25) is 0 Å². The van der Waals surface area contributed by atoms with Gasteiger partial charge in [0.25, 0.3) is 0 Å². The maximum absolute atomic E-state index is 13.1. The van der Waals surface area contributed by atoms with Crippen LogP contribution in [0.25, 0.3) is 0 Å². The summed E-state index contributed by atoms with van der Waals surface area (Å²) >= 11 is 0. The van der Waals surface area contributed by atoms with E-state index in [1.807, 2.05) is 6.92 Å². The lowest BCUT2D eigenvalue weighted by Gasteiger charge is -2.32. The van der Waals surface area contributed by atoms with Crippen molar-refractivity contribution < 1.29 is 23.4 Å². The van der Waals surface area contributed by atoms with Gasteiger partial charge in [-0.25, -0.2) is 13.6 Å². The third kappa shape index (κ3) is 5.72. The van der Waals surface area contributed by atoms with E-state index in [2.05, 4.69) is 10.6 Å². The highest BCUT2D eigenvalue weighted by atomic mass is 19.2. The van der Waals surface area contributed by atoms with E-state index in [-0.39, 0.29) is 18.6 Å². The van der Waals surface area contributed by atoms with Crippen LogP contribution in [0.1, 0.15) is 31.7 Å². The first kappa shape index (κ1) is 18.6.